The molecule has 0 bridgehead atoms. The first kappa shape index (κ1) is 18.0. The number of hydrogen-bond donors (Lipinski definition) is 3. The molecule has 0 aliphatic carbocycles. The number of carbonyl (C=O) groups excluding carboxylic acids is 2. The predicted octanol–water partition coefficient (Wildman–Crippen LogP) is -0.660. The lowest BCUT2D eigenvalue weighted by Gasteiger charge is -2.25. The van der Waals surface area contributed by atoms with Crippen LogP contribution < -0.4 is 5.48 Å². The van der Waals surface area contributed by atoms with E-state index in [4.69, 9.17) is 14.8 Å². The number of hydrogen-bond acceptors (Lipinski definition) is 8. The molecule has 0 spiro atoms. The van der Waals surface area contributed by atoms with Crippen LogP contribution in [0.1, 0.15) is 12.8 Å². The van der Waals surface area contributed by atoms with Crippen molar-refractivity contribution in [2.24, 2.45) is 0 Å². The Kier molecular flexibility index (Phi) is 6.83. The molecule has 0 saturated carbocycles. The third-order valence-electron chi connectivity index (χ3n) is 3.03. The zero-order valence-corrected chi connectivity index (χ0v) is 12.4. The molecule has 1 aliphatic heterocycles. The number of allylic oxidation sites excluding steroid dienone is 1. The van der Waals surface area contributed by atoms with Crippen molar-refractivity contribution < 1.29 is 29.5 Å². The summed E-state index contributed by atoms with van der Waals surface area (Å²) >= 11 is 0. The van der Waals surface area contributed by atoms with Gasteiger partial charge >= 0.3 is 5.97 Å². The van der Waals surface area contributed by atoms with Crippen molar-refractivity contribution in [1.82, 2.24) is 15.4 Å². The molecular formula is C13H21N3O6. The van der Waals surface area contributed by atoms with Gasteiger partial charge < -0.3 is 24.8 Å². The highest BCUT2D eigenvalue weighted by atomic mass is 16.7. The average molecular weight is 315 g/mol. The number of hydroxylamine groups is 3. The van der Waals surface area contributed by atoms with Gasteiger partial charge in [0.25, 0.3) is 0 Å². The quantitative estimate of drug-likeness (QED) is 0.400. The van der Waals surface area contributed by atoms with E-state index in [1.54, 1.807) is 5.48 Å². The lowest BCUT2D eigenvalue weighted by Crippen LogP contribution is -2.43. The number of nitrogens with zero attached hydrogens (tertiary/aromatic N) is 2. The van der Waals surface area contributed by atoms with Gasteiger partial charge in [0.2, 0.25) is 5.91 Å². The minimum atomic E-state index is -0.936. The molecule has 0 radical (unpaired) electrons. The van der Waals surface area contributed by atoms with Gasteiger partial charge in [0.15, 0.2) is 6.23 Å². The number of aliphatic hydroxyl groups is 1. The molecular weight excluding hydrogens is 294 g/mol. The van der Waals surface area contributed by atoms with Crippen LogP contribution in [0.2, 0.25) is 0 Å². The maximum Gasteiger partial charge on any atom is 0.351 e. The fourth-order valence-electron chi connectivity index (χ4n) is 1.84. The Morgan fingerprint density at radius 3 is 2.68 bits per heavy atom. The molecule has 1 amide bonds. The van der Waals surface area contributed by atoms with Gasteiger partial charge in [0, 0.05) is 12.1 Å². The van der Waals surface area contributed by atoms with Gasteiger partial charge in [0.05, 0.1) is 20.2 Å². The van der Waals surface area contributed by atoms with Crippen LogP contribution in [0.15, 0.2) is 24.6 Å². The van der Waals surface area contributed by atoms with Gasteiger partial charge in [-0.3, -0.25) is 4.79 Å². The molecule has 1 unspecified atom stereocenters. The number of methoxy groups -OCH3 is 1. The van der Waals surface area contributed by atoms with Crippen LogP contribution in [-0.4, -0.2) is 65.1 Å². The van der Waals surface area contributed by atoms with E-state index < -0.39 is 18.1 Å². The van der Waals surface area contributed by atoms with E-state index in [2.05, 4.69) is 13.2 Å². The van der Waals surface area contributed by atoms with E-state index in [-0.39, 0.29) is 25.4 Å². The van der Waals surface area contributed by atoms with Crippen LogP contribution in [0, 0.1) is 0 Å². The molecule has 1 saturated heterocycles. The molecule has 0 aromatic rings. The van der Waals surface area contributed by atoms with Gasteiger partial charge in [-0.1, -0.05) is 13.2 Å². The van der Waals surface area contributed by atoms with Gasteiger partial charge in [-0.2, -0.15) is 10.5 Å². The second-order valence-corrected chi connectivity index (χ2v) is 4.70. The summed E-state index contributed by atoms with van der Waals surface area (Å²) in [4.78, 5) is 29.8. The lowest BCUT2D eigenvalue weighted by molar-refractivity contribution is -0.209. The maximum absolute atomic E-state index is 11.9. The number of ether oxygens (including phenoxy) is 1. The first-order valence-electron chi connectivity index (χ1n) is 6.61. The van der Waals surface area contributed by atoms with Crippen molar-refractivity contribution in [2.75, 3.05) is 26.7 Å². The highest BCUT2D eigenvalue weighted by molar-refractivity contribution is 5.83. The van der Waals surface area contributed by atoms with Gasteiger partial charge in [-0.05, 0) is 6.42 Å². The Hall–Kier alpha value is -2.10. The number of rotatable bonds is 8. The monoisotopic (exact) mass is 315 g/mol. The summed E-state index contributed by atoms with van der Waals surface area (Å²) in [5, 5.41) is 19.3. The molecule has 22 heavy (non-hydrogen) atoms. The van der Waals surface area contributed by atoms with Crippen molar-refractivity contribution in [3.05, 3.63) is 24.6 Å². The summed E-state index contributed by atoms with van der Waals surface area (Å²) in [6, 6.07) is 0. The minimum Gasteiger partial charge on any atom is -0.500 e. The third kappa shape index (κ3) is 5.02. The molecule has 1 fully saturated rings. The van der Waals surface area contributed by atoms with Crippen LogP contribution in [-0.2, 0) is 19.2 Å². The summed E-state index contributed by atoms with van der Waals surface area (Å²) < 4.78 is 4.87. The Morgan fingerprint density at radius 1 is 1.50 bits per heavy atom. The Morgan fingerprint density at radius 2 is 2.18 bits per heavy atom. The average Bonchev–Trinajstić information content (AvgIpc) is 2.78. The van der Waals surface area contributed by atoms with Gasteiger partial charge in [-0.25, -0.2) is 4.79 Å². The van der Waals surface area contributed by atoms with Crippen LogP contribution >= 0.6 is 0 Å². The number of nitrogens with one attached hydrogen (secondary N) is 1. The molecule has 1 aliphatic rings. The first-order valence-corrected chi connectivity index (χ1v) is 6.61. The second kappa shape index (κ2) is 8.37. The SMILES string of the molecule is C=C(CN(CC(=O)ON1C(=C)CCC1O)C(=O)CNO)OC. The standard InChI is InChI=1S/C13H21N3O6/c1-9-4-5-11(17)16(9)22-13(19)8-15(7-10(2)21-3)12(18)6-14-20/h11,14,17,20H,1-2,4-8H2,3H3. The van der Waals surface area contributed by atoms with Crippen molar-refractivity contribution in [1.29, 1.82) is 0 Å². The molecule has 0 aromatic heterocycles. The largest absolute Gasteiger partial charge is 0.500 e. The normalized spacial score (nSPS) is 17.3. The molecule has 9 heteroatoms. The van der Waals surface area contributed by atoms with E-state index >= 15 is 0 Å². The van der Waals surface area contributed by atoms with E-state index in [1.807, 2.05) is 0 Å². The molecule has 0 aromatic carbocycles. The van der Waals surface area contributed by atoms with Gasteiger partial charge in [0.1, 0.15) is 12.3 Å². The van der Waals surface area contributed by atoms with E-state index in [9.17, 15) is 14.7 Å². The number of aliphatic hydroxyl groups excluding tert-OH is 1. The summed E-state index contributed by atoms with van der Waals surface area (Å²) in [5.74, 6) is -1.03. The molecule has 124 valence electrons. The topological polar surface area (TPSA) is 112 Å². The fraction of sp³-hybridized carbons (Fsp3) is 0.538. The lowest BCUT2D eigenvalue weighted by atomic mass is 10.3. The summed E-state index contributed by atoms with van der Waals surface area (Å²) in [5.41, 5.74) is 2.20. The minimum absolute atomic E-state index is 0.0321. The molecule has 9 nitrogen and oxygen atoms in total. The number of amides is 1. The van der Waals surface area contributed by atoms with Crippen LogP contribution in [0.5, 0.6) is 0 Å². The zero-order chi connectivity index (χ0) is 16.7. The summed E-state index contributed by atoms with van der Waals surface area (Å²) in [6.45, 7) is 6.46. The van der Waals surface area contributed by atoms with Crippen molar-refractivity contribution in [2.45, 2.75) is 19.1 Å². The van der Waals surface area contributed by atoms with Crippen LogP contribution in [0.3, 0.4) is 0 Å². The number of carbonyl (C=O) groups is 2. The van der Waals surface area contributed by atoms with Gasteiger partial charge in [-0.15, -0.1) is 0 Å². The predicted molar refractivity (Wildman–Crippen MR) is 74.8 cm³/mol. The fourth-order valence-corrected chi connectivity index (χ4v) is 1.84. The molecule has 1 rings (SSSR count). The van der Waals surface area contributed by atoms with Crippen molar-refractivity contribution in [3.8, 4) is 0 Å². The molecule has 1 heterocycles. The highest BCUT2D eigenvalue weighted by Crippen LogP contribution is 2.24. The Labute approximate surface area is 128 Å². The zero-order valence-electron chi connectivity index (χ0n) is 12.4. The van der Waals surface area contributed by atoms with E-state index in [0.717, 1.165) is 9.96 Å². The molecule has 3 N–H and O–H groups in total. The smallest absolute Gasteiger partial charge is 0.351 e. The Bertz CT molecular complexity index is 453. The Balaban J connectivity index is 2.63. The first-order chi connectivity index (χ1) is 10.4. The van der Waals surface area contributed by atoms with E-state index in [1.165, 1.54) is 7.11 Å². The summed E-state index contributed by atoms with van der Waals surface area (Å²) in [6.07, 6.45) is 0.00372. The van der Waals surface area contributed by atoms with E-state index in [0.29, 0.717) is 18.5 Å². The molecule has 1 atom stereocenters. The third-order valence-corrected chi connectivity index (χ3v) is 3.03. The maximum atomic E-state index is 11.9. The highest BCUT2D eigenvalue weighted by Gasteiger charge is 2.29. The van der Waals surface area contributed by atoms with Crippen LogP contribution in [0.25, 0.3) is 0 Å². The summed E-state index contributed by atoms with van der Waals surface area (Å²) in [7, 11) is 1.39. The second-order valence-electron chi connectivity index (χ2n) is 4.70. The van der Waals surface area contributed by atoms with Crippen LogP contribution in [0.4, 0.5) is 0 Å². The van der Waals surface area contributed by atoms with Crippen molar-refractivity contribution in [3.63, 3.8) is 0 Å². The van der Waals surface area contributed by atoms with Crippen molar-refractivity contribution >= 4 is 11.9 Å².